The number of aromatic amines is 1. The molecule has 0 aliphatic heterocycles. The van der Waals surface area contributed by atoms with Crippen molar-refractivity contribution in [3.8, 4) is 0 Å². The number of pyridine rings is 1. The minimum Gasteiger partial charge on any atom is -0.340 e. The summed E-state index contributed by atoms with van der Waals surface area (Å²) in [6, 6.07) is 11.3. The molecule has 8 heteroatoms. The molecule has 0 fully saturated rings. The Morgan fingerprint density at radius 1 is 0.960 bits per heavy atom. The Bertz CT molecular complexity index is 957. The Morgan fingerprint density at radius 3 is 2.20 bits per heavy atom. The number of anilines is 3. The molecule has 0 bridgehead atoms. The molecule has 3 rings (SSSR count). The van der Waals surface area contributed by atoms with Crippen molar-refractivity contribution >= 4 is 27.2 Å². The summed E-state index contributed by atoms with van der Waals surface area (Å²) in [6.07, 6.45) is 1.47. The number of H-pyrrole nitrogens is 1. The molecule has 0 saturated carbocycles. The Morgan fingerprint density at radius 2 is 1.64 bits per heavy atom. The summed E-state index contributed by atoms with van der Waals surface area (Å²) in [5, 5.41) is 9.76. The van der Waals surface area contributed by atoms with E-state index in [1.54, 1.807) is 26.0 Å². The molecule has 0 aliphatic rings. The number of benzene rings is 1. The average Bonchev–Trinajstić information content (AvgIpc) is 2.91. The van der Waals surface area contributed by atoms with Crippen LogP contribution in [0.15, 0.2) is 47.5 Å². The predicted octanol–water partition coefficient (Wildman–Crippen LogP) is 3.27. The van der Waals surface area contributed by atoms with Crippen molar-refractivity contribution in [1.29, 1.82) is 0 Å². The van der Waals surface area contributed by atoms with E-state index in [-0.39, 0.29) is 4.90 Å². The summed E-state index contributed by atoms with van der Waals surface area (Å²) in [4.78, 5) is 4.41. The molecule has 0 saturated heterocycles. The lowest BCUT2D eigenvalue weighted by Gasteiger charge is -2.09. The minimum atomic E-state index is -3.71. The van der Waals surface area contributed by atoms with E-state index < -0.39 is 10.0 Å². The summed E-state index contributed by atoms with van der Waals surface area (Å²) >= 11 is 0. The van der Waals surface area contributed by atoms with E-state index in [2.05, 4.69) is 25.2 Å². The Labute approximate surface area is 146 Å². The molecule has 3 N–H and O–H groups in total. The Kier molecular flexibility index (Phi) is 4.45. The largest absolute Gasteiger partial charge is 0.340 e. The zero-order chi connectivity index (χ0) is 18.0. The maximum Gasteiger partial charge on any atom is 0.265 e. The number of rotatable bonds is 5. The normalized spacial score (nSPS) is 11.3. The van der Waals surface area contributed by atoms with E-state index in [9.17, 15) is 8.42 Å². The van der Waals surface area contributed by atoms with Gasteiger partial charge in [0.05, 0.1) is 23.3 Å². The van der Waals surface area contributed by atoms with Crippen molar-refractivity contribution in [3.05, 3.63) is 59.5 Å². The zero-order valence-corrected chi connectivity index (χ0v) is 15.0. The summed E-state index contributed by atoms with van der Waals surface area (Å²) in [5.41, 5.74) is 3.39. The van der Waals surface area contributed by atoms with Crippen LogP contribution in [-0.2, 0) is 10.0 Å². The van der Waals surface area contributed by atoms with Crippen molar-refractivity contribution in [1.82, 2.24) is 15.2 Å². The van der Waals surface area contributed by atoms with Gasteiger partial charge in [-0.15, -0.1) is 0 Å². The lowest BCUT2D eigenvalue weighted by atomic mass is 10.2. The highest BCUT2D eigenvalue weighted by atomic mass is 32.2. The van der Waals surface area contributed by atoms with Gasteiger partial charge in [0.15, 0.2) is 0 Å². The number of hydrogen-bond acceptors (Lipinski definition) is 5. The third-order valence-electron chi connectivity index (χ3n) is 3.67. The van der Waals surface area contributed by atoms with Gasteiger partial charge < -0.3 is 5.32 Å². The van der Waals surface area contributed by atoms with E-state index in [0.717, 1.165) is 5.69 Å². The van der Waals surface area contributed by atoms with Gasteiger partial charge in [0.1, 0.15) is 10.7 Å². The van der Waals surface area contributed by atoms with Crippen molar-refractivity contribution in [2.75, 3.05) is 10.0 Å². The third kappa shape index (κ3) is 3.80. The average molecular weight is 357 g/mol. The molecule has 130 valence electrons. The van der Waals surface area contributed by atoms with Gasteiger partial charge in [-0.2, -0.15) is 5.10 Å². The van der Waals surface area contributed by atoms with Crippen LogP contribution in [-0.4, -0.2) is 23.6 Å². The van der Waals surface area contributed by atoms with Gasteiger partial charge in [0.2, 0.25) is 0 Å². The van der Waals surface area contributed by atoms with Crippen LogP contribution < -0.4 is 10.0 Å². The van der Waals surface area contributed by atoms with Crippen LogP contribution in [0.3, 0.4) is 0 Å². The maximum atomic E-state index is 12.5. The summed E-state index contributed by atoms with van der Waals surface area (Å²) in [6.45, 7) is 5.33. The van der Waals surface area contributed by atoms with E-state index >= 15 is 0 Å². The molecule has 1 aromatic carbocycles. The lowest BCUT2D eigenvalue weighted by Crippen LogP contribution is -2.14. The monoisotopic (exact) mass is 357 g/mol. The first-order valence-electron chi connectivity index (χ1n) is 7.69. The van der Waals surface area contributed by atoms with Crippen LogP contribution in [0.5, 0.6) is 0 Å². The smallest absolute Gasteiger partial charge is 0.265 e. The first-order chi connectivity index (χ1) is 11.8. The van der Waals surface area contributed by atoms with E-state index in [0.29, 0.717) is 22.9 Å². The summed E-state index contributed by atoms with van der Waals surface area (Å²) in [7, 11) is -3.71. The van der Waals surface area contributed by atoms with Crippen LogP contribution in [0.4, 0.5) is 17.2 Å². The number of nitrogens with zero attached hydrogens (tertiary/aromatic N) is 2. The van der Waals surface area contributed by atoms with Gasteiger partial charge in [-0.25, -0.2) is 13.4 Å². The second kappa shape index (κ2) is 6.56. The SMILES string of the molecule is Cc1ccc(Nc2ccc(NS(=O)(=O)c3c(C)n[nH]c3C)cn2)cc1. The quantitative estimate of drug-likeness (QED) is 0.651. The first-order valence-corrected chi connectivity index (χ1v) is 9.17. The van der Waals surface area contributed by atoms with Gasteiger partial charge in [0.25, 0.3) is 10.0 Å². The second-order valence-electron chi connectivity index (χ2n) is 5.79. The van der Waals surface area contributed by atoms with Crippen LogP contribution in [0, 0.1) is 20.8 Å². The van der Waals surface area contributed by atoms with Crippen LogP contribution in [0.2, 0.25) is 0 Å². The predicted molar refractivity (Wildman–Crippen MR) is 97.6 cm³/mol. The number of sulfonamides is 1. The second-order valence-corrected chi connectivity index (χ2v) is 7.41. The molecule has 0 atom stereocenters. The highest BCUT2D eigenvalue weighted by Crippen LogP contribution is 2.22. The lowest BCUT2D eigenvalue weighted by molar-refractivity contribution is 0.600. The molecule has 0 unspecified atom stereocenters. The fourth-order valence-electron chi connectivity index (χ4n) is 2.46. The van der Waals surface area contributed by atoms with Crippen molar-refractivity contribution in [3.63, 3.8) is 0 Å². The number of aromatic nitrogens is 3. The Hall–Kier alpha value is -2.87. The van der Waals surface area contributed by atoms with Crippen LogP contribution in [0.1, 0.15) is 17.0 Å². The minimum absolute atomic E-state index is 0.161. The standard InChI is InChI=1S/C17H19N5O2S/c1-11-4-6-14(7-5-11)19-16-9-8-15(10-18-16)22-25(23,24)17-12(2)20-21-13(17)3/h4-10,22H,1-3H3,(H,18,19)(H,20,21). The van der Waals surface area contributed by atoms with Gasteiger partial charge >= 0.3 is 0 Å². The highest BCUT2D eigenvalue weighted by molar-refractivity contribution is 7.92. The molecule has 2 heterocycles. The van der Waals surface area contributed by atoms with E-state index in [1.165, 1.54) is 11.8 Å². The van der Waals surface area contributed by atoms with E-state index in [4.69, 9.17) is 0 Å². The summed E-state index contributed by atoms with van der Waals surface area (Å²) < 4.78 is 27.5. The summed E-state index contributed by atoms with van der Waals surface area (Å²) in [5.74, 6) is 0.627. The number of nitrogens with one attached hydrogen (secondary N) is 3. The van der Waals surface area contributed by atoms with Crippen molar-refractivity contribution in [2.45, 2.75) is 25.7 Å². The Balaban J connectivity index is 1.75. The van der Waals surface area contributed by atoms with Crippen LogP contribution >= 0.6 is 0 Å². The third-order valence-corrected chi connectivity index (χ3v) is 5.31. The molecule has 0 amide bonds. The first kappa shape index (κ1) is 17.0. The number of aryl methyl sites for hydroxylation is 3. The molecule has 0 radical (unpaired) electrons. The molecule has 2 aromatic heterocycles. The molecule has 25 heavy (non-hydrogen) atoms. The molecule has 3 aromatic rings. The molecule has 0 aliphatic carbocycles. The van der Waals surface area contributed by atoms with Crippen LogP contribution in [0.25, 0.3) is 0 Å². The van der Waals surface area contributed by atoms with E-state index in [1.807, 2.05) is 31.2 Å². The molecular weight excluding hydrogens is 338 g/mol. The van der Waals surface area contributed by atoms with Gasteiger partial charge in [-0.05, 0) is 45.0 Å². The van der Waals surface area contributed by atoms with Crippen molar-refractivity contribution < 1.29 is 8.42 Å². The van der Waals surface area contributed by atoms with Gasteiger partial charge in [-0.3, -0.25) is 9.82 Å². The van der Waals surface area contributed by atoms with Crippen molar-refractivity contribution in [2.24, 2.45) is 0 Å². The maximum absolute atomic E-state index is 12.5. The fraction of sp³-hybridized carbons (Fsp3) is 0.176. The highest BCUT2D eigenvalue weighted by Gasteiger charge is 2.22. The van der Waals surface area contributed by atoms with Gasteiger partial charge in [-0.1, -0.05) is 17.7 Å². The molecule has 7 nitrogen and oxygen atoms in total. The molecule has 0 spiro atoms. The topological polar surface area (TPSA) is 99.8 Å². The number of hydrogen-bond donors (Lipinski definition) is 3. The molecular formula is C17H19N5O2S. The van der Waals surface area contributed by atoms with Gasteiger partial charge in [0, 0.05) is 5.69 Å². The zero-order valence-electron chi connectivity index (χ0n) is 14.2. The fourth-order valence-corrected chi connectivity index (χ4v) is 3.87.